The largest absolute Gasteiger partial charge is 0.488 e. The molecule has 0 fully saturated rings. The van der Waals surface area contributed by atoms with Crippen LogP contribution in [0.3, 0.4) is 0 Å². The fourth-order valence-corrected chi connectivity index (χ4v) is 4.30. The fourth-order valence-electron chi connectivity index (χ4n) is 0.857. The van der Waals surface area contributed by atoms with Crippen LogP contribution in [0.1, 0.15) is 0 Å². The summed E-state index contributed by atoms with van der Waals surface area (Å²) in [6, 6.07) is 2.33. The summed E-state index contributed by atoms with van der Waals surface area (Å²) in [5.74, 6) is 0. The highest BCUT2D eigenvalue weighted by molar-refractivity contribution is 7.71. The highest BCUT2D eigenvalue weighted by atomic mass is 31.3. The summed E-state index contributed by atoms with van der Waals surface area (Å²) in [5, 5.41) is -0.436. The Morgan fingerprint density at radius 3 is 2.11 bits per heavy atom. The molecule has 10 nitrogen and oxygen atoms in total. The maximum absolute atomic E-state index is 11.5. The second kappa shape index (κ2) is 5.30. The fraction of sp³-hybridized carbons (Fsp3) is 0. The maximum atomic E-state index is 11.5. The molecule has 2 unspecified atom stereocenters. The van der Waals surface area contributed by atoms with Crippen molar-refractivity contribution in [3.8, 4) is 0 Å². The average molecular weight is 319 g/mol. The molecule has 0 amide bonds. The Balaban J connectivity index is 2.94. The third-order valence-electron chi connectivity index (χ3n) is 1.40. The number of hydrogen-bond donors (Lipinski definition) is 4. The van der Waals surface area contributed by atoms with Gasteiger partial charge in [0.05, 0.1) is 5.30 Å². The molecule has 1 aromatic rings. The lowest BCUT2D eigenvalue weighted by Gasteiger charge is -2.16. The van der Waals surface area contributed by atoms with Crippen molar-refractivity contribution in [1.82, 2.24) is 4.98 Å². The summed E-state index contributed by atoms with van der Waals surface area (Å²) in [4.78, 5) is 38.4. The van der Waals surface area contributed by atoms with Crippen LogP contribution in [0, 0.1) is 0 Å². The van der Waals surface area contributed by atoms with Crippen molar-refractivity contribution in [1.29, 1.82) is 0 Å². The molecule has 0 saturated carbocycles. The topological polar surface area (TPSA) is 163 Å². The SMILES string of the molecule is O=P(O)(O)OP(=O)(O)OP(=O)(O)c1cccnc1. The zero-order valence-corrected chi connectivity index (χ0v) is 11.1. The predicted molar refractivity (Wildman–Crippen MR) is 57.7 cm³/mol. The van der Waals surface area contributed by atoms with Crippen molar-refractivity contribution in [2.75, 3.05) is 0 Å². The van der Waals surface area contributed by atoms with Gasteiger partial charge in [0.1, 0.15) is 0 Å². The van der Waals surface area contributed by atoms with Crippen LogP contribution in [0.25, 0.3) is 0 Å². The molecule has 102 valence electrons. The summed E-state index contributed by atoms with van der Waals surface area (Å²) >= 11 is 0. The summed E-state index contributed by atoms with van der Waals surface area (Å²) in [6.07, 6.45) is 2.16. The number of phosphoric acid groups is 2. The number of hydrogen-bond acceptors (Lipinski definition) is 6. The first-order valence-corrected chi connectivity index (χ1v) is 8.67. The highest BCUT2D eigenvalue weighted by Gasteiger charge is 2.40. The van der Waals surface area contributed by atoms with Crippen LogP contribution in [0.15, 0.2) is 24.5 Å². The van der Waals surface area contributed by atoms with Crippen LogP contribution in [0.5, 0.6) is 0 Å². The minimum atomic E-state index is -5.41. The quantitative estimate of drug-likeness (QED) is 0.548. The van der Waals surface area contributed by atoms with Crippen molar-refractivity contribution < 1.29 is 41.9 Å². The van der Waals surface area contributed by atoms with E-state index < -0.39 is 28.5 Å². The molecule has 13 heteroatoms. The molecule has 1 rings (SSSR count). The van der Waals surface area contributed by atoms with Crippen molar-refractivity contribution in [2.45, 2.75) is 0 Å². The Kier molecular flexibility index (Phi) is 4.61. The van der Waals surface area contributed by atoms with Gasteiger partial charge in [-0.1, -0.05) is 0 Å². The van der Waals surface area contributed by atoms with Crippen molar-refractivity contribution in [3.05, 3.63) is 24.5 Å². The molecule has 0 aliphatic rings. The molecule has 0 aromatic carbocycles. The molecule has 1 heterocycles. The number of rotatable bonds is 5. The molecule has 0 radical (unpaired) electrons. The highest BCUT2D eigenvalue weighted by Crippen LogP contribution is 2.65. The Labute approximate surface area is 101 Å². The Morgan fingerprint density at radius 1 is 1.06 bits per heavy atom. The summed E-state index contributed by atoms with van der Waals surface area (Å²) < 4.78 is 40.2. The summed E-state index contributed by atoms with van der Waals surface area (Å²) in [6.45, 7) is 0. The van der Waals surface area contributed by atoms with Gasteiger partial charge in [0.25, 0.3) is 0 Å². The molecule has 1 aromatic heterocycles. The van der Waals surface area contributed by atoms with Gasteiger partial charge in [-0.3, -0.25) is 9.55 Å². The minimum absolute atomic E-state index is 0.436. The molecular formula is C5H8NO9P3. The van der Waals surface area contributed by atoms with Crippen LogP contribution in [-0.4, -0.2) is 24.6 Å². The van der Waals surface area contributed by atoms with Crippen molar-refractivity contribution in [3.63, 3.8) is 0 Å². The van der Waals surface area contributed by atoms with Gasteiger partial charge in [-0.05, 0) is 12.1 Å². The van der Waals surface area contributed by atoms with E-state index in [-0.39, 0.29) is 0 Å². The Hall–Kier alpha value is -0.400. The molecule has 0 aliphatic heterocycles. The molecule has 0 bridgehead atoms. The molecule has 0 saturated heterocycles. The molecule has 0 spiro atoms. The standard InChI is InChI=1S/C5H8NO9P3/c7-16(8,5-2-1-3-6-4-5)14-18(12,13)15-17(9,10)11/h1-4H,(H,7,8)(H,12,13)(H2,9,10,11). The average Bonchev–Trinajstić information content (AvgIpc) is 2.13. The smallest absolute Gasteiger partial charge is 0.321 e. The first-order chi connectivity index (χ1) is 8.02. The van der Waals surface area contributed by atoms with Gasteiger partial charge >= 0.3 is 23.2 Å². The minimum Gasteiger partial charge on any atom is -0.321 e. The zero-order chi connectivity index (χ0) is 14.0. The number of nitrogens with zero attached hydrogens (tertiary/aromatic N) is 1. The second-order valence-electron chi connectivity index (χ2n) is 2.85. The van der Waals surface area contributed by atoms with E-state index >= 15 is 0 Å². The predicted octanol–water partition coefficient (Wildman–Crippen LogP) is 0.119. The van der Waals surface area contributed by atoms with E-state index in [0.29, 0.717) is 0 Å². The third kappa shape index (κ3) is 5.07. The first-order valence-electron chi connectivity index (χ1n) is 4.06. The van der Waals surface area contributed by atoms with E-state index in [0.717, 1.165) is 12.3 Å². The second-order valence-corrected chi connectivity index (χ2v) is 7.64. The lowest BCUT2D eigenvalue weighted by molar-refractivity contribution is 0.224. The summed E-state index contributed by atoms with van der Waals surface area (Å²) in [5.41, 5.74) is 0. The Morgan fingerprint density at radius 2 is 1.67 bits per heavy atom. The molecular weight excluding hydrogens is 311 g/mol. The van der Waals surface area contributed by atoms with Crippen LogP contribution in [0.2, 0.25) is 0 Å². The molecule has 0 aliphatic carbocycles. The van der Waals surface area contributed by atoms with Gasteiger partial charge in [0, 0.05) is 12.4 Å². The zero-order valence-electron chi connectivity index (χ0n) is 8.43. The Bertz CT molecular complexity index is 553. The van der Waals surface area contributed by atoms with Gasteiger partial charge in [-0.15, -0.1) is 0 Å². The maximum Gasteiger partial charge on any atom is 0.488 e. The van der Waals surface area contributed by atoms with Crippen molar-refractivity contribution >= 4 is 28.5 Å². The third-order valence-corrected chi connectivity index (χ3v) is 5.70. The molecule has 18 heavy (non-hydrogen) atoms. The van der Waals surface area contributed by atoms with E-state index in [1.165, 1.54) is 12.3 Å². The normalized spacial score (nSPS) is 18.9. The lowest BCUT2D eigenvalue weighted by atomic mass is 10.5. The molecule has 4 N–H and O–H groups in total. The van der Waals surface area contributed by atoms with Gasteiger partial charge in [-0.2, -0.15) is 4.31 Å². The molecule has 2 atom stereocenters. The van der Waals surface area contributed by atoms with Gasteiger partial charge in [-0.25, -0.2) is 13.4 Å². The van der Waals surface area contributed by atoms with Gasteiger partial charge < -0.3 is 19.6 Å². The van der Waals surface area contributed by atoms with Crippen LogP contribution >= 0.6 is 23.2 Å². The van der Waals surface area contributed by atoms with E-state index in [4.69, 9.17) is 14.7 Å². The van der Waals surface area contributed by atoms with Crippen LogP contribution in [0.4, 0.5) is 0 Å². The summed E-state index contributed by atoms with van der Waals surface area (Å²) in [7, 11) is -15.6. The van der Waals surface area contributed by atoms with E-state index in [2.05, 4.69) is 13.6 Å². The monoisotopic (exact) mass is 319 g/mol. The van der Waals surface area contributed by atoms with E-state index in [9.17, 15) is 18.6 Å². The van der Waals surface area contributed by atoms with E-state index in [1.807, 2.05) is 0 Å². The van der Waals surface area contributed by atoms with Gasteiger partial charge in [0.15, 0.2) is 0 Å². The first kappa shape index (κ1) is 15.7. The van der Waals surface area contributed by atoms with Gasteiger partial charge in [0.2, 0.25) is 0 Å². The lowest BCUT2D eigenvalue weighted by Crippen LogP contribution is -2.07. The van der Waals surface area contributed by atoms with Crippen LogP contribution in [-0.2, 0) is 22.3 Å². The van der Waals surface area contributed by atoms with E-state index in [1.54, 1.807) is 0 Å². The number of aromatic nitrogens is 1. The van der Waals surface area contributed by atoms with Crippen molar-refractivity contribution in [2.24, 2.45) is 0 Å². The number of pyridine rings is 1. The van der Waals surface area contributed by atoms with Crippen LogP contribution < -0.4 is 5.30 Å².